The summed E-state index contributed by atoms with van der Waals surface area (Å²) in [5.74, 6) is 1.08. The summed E-state index contributed by atoms with van der Waals surface area (Å²) < 4.78 is 13.0. The number of fused-ring (bicyclic) bond motifs is 3. The van der Waals surface area contributed by atoms with Crippen LogP contribution in [-0.4, -0.2) is 33.9 Å². The van der Waals surface area contributed by atoms with Gasteiger partial charge >= 0.3 is 0 Å². The molecule has 0 aliphatic heterocycles. The second kappa shape index (κ2) is 7.63. The van der Waals surface area contributed by atoms with Crippen LogP contribution in [0.25, 0.3) is 11.3 Å². The smallest absolute Gasteiger partial charge is 0.267 e. The number of ether oxygens (including phenoxy) is 2. The molecule has 1 amide bonds. The first-order valence-electron chi connectivity index (χ1n) is 9.21. The molecule has 0 fully saturated rings. The summed E-state index contributed by atoms with van der Waals surface area (Å²) in [5.41, 5.74) is 3.17. The second-order valence-corrected chi connectivity index (χ2v) is 7.69. The van der Waals surface area contributed by atoms with E-state index in [0.29, 0.717) is 23.1 Å². The number of hydrogen-bond acceptors (Lipinski definition) is 6. The minimum absolute atomic E-state index is 0.206. The van der Waals surface area contributed by atoms with Crippen molar-refractivity contribution < 1.29 is 14.3 Å². The van der Waals surface area contributed by atoms with Gasteiger partial charge in [-0.1, -0.05) is 13.0 Å². The van der Waals surface area contributed by atoms with Gasteiger partial charge in [-0.3, -0.25) is 14.8 Å². The average Bonchev–Trinajstić information content (AvgIpc) is 3.29. The largest absolute Gasteiger partial charge is 0.497 e. The van der Waals surface area contributed by atoms with Gasteiger partial charge in [0.25, 0.3) is 5.91 Å². The molecule has 0 radical (unpaired) electrons. The molecule has 0 spiro atoms. The van der Waals surface area contributed by atoms with Crippen molar-refractivity contribution in [1.29, 1.82) is 0 Å². The summed E-state index contributed by atoms with van der Waals surface area (Å²) in [7, 11) is 3.54. The molecule has 2 heterocycles. The van der Waals surface area contributed by atoms with Crippen LogP contribution in [0.5, 0.6) is 11.5 Å². The maximum Gasteiger partial charge on any atom is 0.267 e. The third-order valence-electron chi connectivity index (χ3n) is 4.82. The predicted molar refractivity (Wildman–Crippen MR) is 108 cm³/mol. The van der Waals surface area contributed by atoms with Gasteiger partial charge in [0, 0.05) is 29.2 Å². The third-order valence-corrected chi connectivity index (χ3v) is 5.85. The van der Waals surface area contributed by atoms with Crippen molar-refractivity contribution in [3.05, 3.63) is 41.0 Å². The van der Waals surface area contributed by atoms with E-state index in [9.17, 15) is 4.79 Å². The lowest BCUT2D eigenvalue weighted by atomic mass is 10.0. The molecule has 1 atom stereocenters. The Bertz CT molecular complexity index is 1010. The van der Waals surface area contributed by atoms with E-state index >= 15 is 0 Å². The summed E-state index contributed by atoms with van der Waals surface area (Å²) in [5, 5.41) is 7.85. The number of methoxy groups -OCH3 is 1. The van der Waals surface area contributed by atoms with Gasteiger partial charge in [0.2, 0.25) is 0 Å². The predicted octanol–water partition coefficient (Wildman–Crippen LogP) is 3.45. The van der Waals surface area contributed by atoms with Crippen LogP contribution in [0.1, 0.15) is 23.9 Å². The lowest BCUT2D eigenvalue weighted by molar-refractivity contribution is -0.122. The number of benzene rings is 1. The Balaban J connectivity index is 1.49. The van der Waals surface area contributed by atoms with Crippen LogP contribution in [0.3, 0.4) is 0 Å². The number of carbonyl (C=O) groups excluding carboxylic acids is 1. The van der Waals surface area contributed by atoms with E-state index in [1.807, 2.05) is 43.0 Å². The van der Waals surface area contributed by atoms with Gasteiger partial charge < -0.3 is 9.47 Å². The molecule has 7 nitrogen and oxygen atoms in total. The van der Waals surface area contributed by atoms with Gasteiger partial charge in [-0.2, -0.15) is 5.10 Å². The fourth-order valence-electron chi connectivity index (χ4n) is 3.32. The van der Waals surface area contributed by atoms with E-state index in [1.165, 1.54) is 21.9 Å². The first-order chi connectivity index (χ1) is 13.6. The molecule has 0 saturated carbocycles. The molecule has 3 aromatic rings. The lowest BCUT2D eigenvalue weighted by Crippen LogP contribution is -2.32. The van der Waals surface area contributed by atoms with Crippen LogP contribution in [0.15, 0.2) is 30.5 Å². The number of carbonyl (C=O) groups is 1. The van der Waals surface area contributed by atoms with Crippen molar-refractivity contribution in [1.82, 2.24) is 14.8 Å². The lowest BCUT2D eigenvalue weighted by Gasteiger charge is -2.16. The van der Waals surface area contributed by atoms with E-state index in [1.54, 1.807) is 13.2 Å². The van der Waals surface area contributed by atoms with Gasteiger partial charge in [-0.25, -0.2) is 4.98 Å². The van der Waals surface area contributed by atoms with Crippen molar-refractivity contribution in [3.63, 3.8) is 0 Å². The zero-order chi connectivity index (χ0) is 19.7. The number of thiazole rings is 1. The maximum atomic E-state index is 12.7. The Morgan fingerprint density at radius 2 is 2.18 bits per heavy atom. The van der Waals surface area contributed by atoms with Crippen LogP contribution in [-0.2, 0) is 24.7 Å². The molecule has 1 N–H and O–H groups in total. The van der Waals surface area contributed by atoms with E-state index in [2.05, 4.69) is 15.4 Å². The van der Waals surface area contributed by atoms with Gasteiger partial charge in [0.05, 0.1) is 19.0 Å². The van der Waals surface area contributed by atoms with Gasteiger partial charge in [-0.05, 0) is 31.4 Å². The van der Waals surface area contributed by atoms with Crippen molar-refractivity contribution in [2.24, 2.45) is 7.05 Å². The van der Waals surface area contributed by atoms with E-state index in [-0.39, 0.29) is 5.91 Å². The third kappa shape index (κ3) is 3.47. The standard InChI is InChI=1S/C20H22N4O3S/c1-4-16(27-13-7-5-6-12(10-13)26-3)19(25)23-20-22-18-14-11-21-24(2)15(14)8-9-17(18)28-20/h5-7,10-11,16H,4,8-9H2,1-3H3,(H,22,23,25)/t16-/m0/s1. The number of rotatable bonds is 6. The topological polar surface area (TPSA) is 78.3 Å². The quantitative estimate of drug-likeness (QED) is 0.688. The molecule has 146 valence electrons. The van der Waals surface area contributed by atoms with Crippen LogP contribution < -0.4 is 14.8 Å². The highest BCUT2D eigenvalue weighted by molar-refractivity contribution is 7.16. The summed E-state index contributed by atoms with van der Waals surface area (Å²) in [6.45, 7) is 1.92. The molecule has 28 heavy (non-hydrogen) atoms. The van der Waals surface area contributed by atoms with Crippen molar-refractivity contribution in [2.45, 2.75) is 32.3 Å². The Morgan fingerprint density at radius 1 is 1.36 bits per heavy atom. The van der Waals surface area contributed by atoms with E-state index in [4.69, 9.17) is 9.47 Å². The van der Waals surface area contributed by atoms with Crippen LogP contribution in [0.2, 0.25) is 0 Å². The second-order valence-electron chi connectivity index (χ2n) is 6.60. The van der Waals surface area contributed by atoms with Gasteiger partial charge in [0.15, 0.2) is 11.2 Å². The zero-order valence-corrected chi connectivity index (χ0v) is 16.9. The molecular formula is C20H22N4O3S. The fraction of sp³-hybridized carbons (Fsp3) is 0.350. The average molecular weight is 398 g/mol. The highest BCUT2D eigenvalue weighted by Crippen LogP contribution is 2.37. The summed E-state index contributed by atoms with van der Waals surface area (Å²) in [6.07, 6.45) is 3.63. The van der Waals surface area contributed by atoms with Crippen molar-refractivity contribution >= 4 is 22.4 Å². The number of amides is 1. The van der Waals surface area contributed by atoms with Gasteiger partial charge in [-0.15, -0.1) is 11.3 Å². The van der Waals surface area contributed by atoms with Crippen LogP contribution >= 0.6 is 11.3 Å². The number of aromatic nitrogens is 3. The fourth-order valence-corrected chi connectivity index (χ4v) is 4.30. The molecule has 0 bridgehead atoms. The monoisotopic (exact) mass is 398 g/mol. The number of aryl methyl sites for hydroxylation is 2. The maximum absolute atomic E-state index is 12.7. The molecule has 4 rings (SSSR count). The Labute approximate surface area is 167 Å². The molecule has 2 aromatic heterocycles. The molecule has 1 aromatic carbocycles. The number of hydrogen-bond donors (Lipinski definition) is 1. The molecule has 8 heteroatoms. The van der Waals surface area contributed by atoms with Crippen molar-refractivity contribution in [3.8, 4) is 22.8 Å². The summed E-state index contributed by atoms with van der Waals surface area (Å²) in [4.78, 5) is 18.6. The Morgan fingerprint density at radius 3 is 2.96 bits per heavy atom. The zero-order valence-electron chi connectivity index (χ0n) is 16.1. The minimum Gasteiger partial charge on any atom is -0.497 e. The number of nitrogens with one attached hydrogen (secondary N) is 1. The van der Waals surface area contributed by atoms with Crippen LogP contribution in [0.4, 0.5) is 5.13 Å². The molecule has 1 aliphatic carbocycles. The minimum atomic E-state index is -0.609. The first kappa shape index (κ1) is 18.5. The summed E-state index contributed by atoms with van der Waals surface area (Å²) in [6, 6.07) is 7.24. The highest BCUT2D eigenvalue weighted by atomic mass is 32.1. The highest BCUT2D eigenvalue weighted by Gasteiger charge is 2.26. The number of nitrogens with zero attached hydrogens (tertiary/aromatic N) is 3. The first-order valence-corrected chi connectivity index (χ1v) is 10.0. The normalized spacial score (nSPS) is 13.4. The SMILES string of the molecule is CC[C@H](Oc1cccc(OC)c1)C(=O)Nc1nc2c(s1)CCc1c-2cnn1C. The summed E-state index contributed by atoms with van der Waals surface area (Å²) >= 11 is 1.52. The van der Waals surface area contributed by atoms with E-state index in [0.717, 1.165) is 24.1 Å². The molecule has 1 aliphatic rings. The molecular weight excluding hydrogens is 376 g/mol. The van der Waals surface area contributed by atoms with Crippen LogP contribution in [0, 0.1) is 0 Å². The van der Waals surface area contributed by atoms with E-state index < -0.39 is 6.10 Å². The molecule has 0 unspecified atom stereocenters. The van der Waals surface area contributed by atoms with Crippen molar-refractivity contribution in [2.75, 3.05) is 12.4 Å². The Kier molecular flexibility index (Phi) is 5.04. The number of anilines is 1. The Hall–Kier alpha value is -2.87. The molecule has 0 saturated heterocycles. The van der Waals surface area contributed by atoms with Gasteiger partial charge in [0.1, 0.15) is 11.5 Å².